The van der Waals surface area contributed by atoms with Crippen LogP contribution in [0.2, 0.25) is 0 Å². The minimum atomic E-state index is 0.0130. The lowest BCUT2D eigenvalue weighted by molar-refractivity contribution is 0.319. The molecule has 0 radical (unpaired) electrons. The highest BCUT2D eigenvalue weighted by Crippen LogP contribution is 2.35. The molecule has 170 valence electrons. The van der Waals surface area contributed by atoms with Crippen LogP contribution in [0.25, 0.3) is 0 Å². The third-order valence-corrected chi connectivity index (χ3v) is 6.44. The van der Waals surface area contributed by atoms with E-state index in [2.05, 4.69) is 90.8 Å². The zero-order valence-corrected chi connectivity index (χ0v) is 19.8. The molecule has 2 aliphatic carbocycles. The number of nitriles is 1. The van der Waals surface area contributed by atoms with E-state index in [-0.39, 0.29) is 6.04 Å². The molecule has 1 atom stereocenters. The van der Waals surface area contributed by atoms with Crippen molar-refractivity contribution in [3.8, 4) is 6.07 Å². The lowest BCUT2D eigenvalue weighted by Crippen LogP contribution is -2.24. The van der Waals surface area contributed by atoms with Crippen molar-refractivity contribution in [2.24, 2.45) is 5.92 Å². The predicted molar refractivity (Wildman–Crippen MR) is 140 cm³/mol. The van der Waals surface area contributed by atoms with Crippen LogP contribution in [0.1, 0.15) is 57.1 Å². The summed E-state index contributed by atoms with van der Waals surface area (Å²) in [4.78, 5) is 0. The molecule has 0 spiro atoms. The van der Waals surface area contributed by atoms with Crippen LogP contribution in [0.4, 0.5) is 0 Å². The summed E-state index contributed by atoms with van der Waals surface area (Å²) in [5.74, 6) is 0.812. The van der Waals surface area contributed by atoms with Crippen LogP contribution in [0.5, 0.6) is 0 Å². The van der Waals surface area contributed by atoms with Gasteiger partial charge in [0, 0.05) is 6.54 Å². The van der Waals surface area contributed by atoms with Crippen molar-refractivity contribution in [2.45, 2.75) is 51.5 Å². The minimum Gasteiger partial charge on any atom is -0.303 e. The number of benzene rings is 1. The van der Waals surface area contributed by atoms with Gasteiger partial charge in [0.25, 0.3) is 0 Å². The summed E-state index contributed by atoms with van der Waals surface area (Å²) in [6.45, 7) is 7.29. The van der Waals surface area contributed by atoms with Gasteiger partial charge in [0.05, 0.1) is 18.5 Å². The molecule has 0 saturated heterocycles. The van der Waals surface area contributed by atoms with Gasteiger partial charge in [0.15, 0.2) is 0 Å². The lowest BCUT2D eigenvalue weighted by Gasteiger charge is -2.27. The monoisotopic (exact) mass is 436 g/mol. The fourth-order valence-corrected chi connectivity index (χ4v) is 4.21. The average Bonchev–Trinajstić information content (AvgIpc) is 3.09. The van der Waals surface area contributed by atoms with E-state index in [0.29, 0.717) is 13.0 Å². The second kappa shape index (κ2) is 13.4. The molecule has 0 aromatic heterocycles. The van der Waals surface area contributed by atoms with E-state index in [1.807, 2.05) is 19.1 Å². The smallest absolute Gasteiger partial charge is 0.0669 e. The van der Waals surface area contributed by atoms with Crippen LogP contribution >= 0.6 is 0 Å². The van der Waals surface area contributed by atoms with Gasteiger partial charge in [-0.25, -0.2) is 0 Å². The number of nitrogens with one attached hydrogen (secondary N) is 1. The zero-order chi connectivity index (χ0) is 23.3. The number of hydrogen-bond donors (Lipinski definition) is 1. The molecular formula is C31H36N2. The van der Waals surface area contributed by atoms with E-state index in [1.54, 1.807) is 0 Å². The molecular weight excluding hydrogens is 400 g/mol. The Kier molecular flexibility index (Phi) is 9.95. The van der Waals surface area contributed by atoms with E-state index < -0.39 is 0 Å². The summed E-state index contributed by atoms with van der Waals surface area (Å²) in [5, 5.41) is 12.7. The predicted octanol–water partition coefficient (Wildman–Crippen LogP) is 7.85. The minimum absolute atomic E-state index is 0.0130. The third-order valence-electron chi connectivity index (χ3n) is 6.44. The van der Waals surface area contributed by atoms with Gasteiger partial charge >= 0.3 is 0 Å². The summed E-state index contributed by atoms with van der Waals surface area (Å²) >= 11 is 0. The Balaban J connectivity index is 1.84. The topological polar surface area (TPSA) is 35.8 Å². The van der Waals surface area contributed by atoms with Gasteiger partial charge in [-0.15, -0.1) is 0 Å². The van der Waals surface area contributed by atoms with Crippen LogP contribution in [-0.4, -0.2) is 6.54 Å². The maximum atomic E-state index is 8.98. The van der Waals surface area contributed by atoms with E-state index in [1.165, 1.54) is 36.0 Å². The van der Waals surface area contributed by atoms with E-state index in [4.69, 9.17) is 5.26 Å². The van der Waals surface area contributed by atoms with Gasteiger partial charge in [-0.3, -0.25) is 0 Å². The number of allylic oxidation sites excluding steroid dienone is 10. The summed E-state index contributed by atoms with van der Waals surface area (Å²) in [5.41, 5.74) is 5.87. The molecule has 0 aliphatic heterocycles. The Morgan fingerprint density at radius 1 is 1.24 bits per heavy atom. The first-order valence-electron chi connectivity index (χ1n) is 12.1. The van der Waals surface area contributed by atoms with E-state index >= 15 is 0 Å². The lowest BCUT2D eigenvalue weighted by atomic mass is 9.81. The van der Waals surface area contributed by atoms with Crippen molar-refractivity contribution in [1.82, 2.24) is 5.32 Å². The van der Waals surface area contributed by atoms with Crippen molar-refractivity contribution < 1.29 is 0 Å². The maximum absolute atomic E-state index is 8.98. The number of rotatable bonds is 11. The molecule has 1 unspecified atom stereocenters. The average molecular weight is 437 g/mol. The molecule has 0 amide bonds. The van der Waals surface area contributed by atoms with Crippen LogP contribution in [0.15, 0.2) is 114 Å². The SMILES string of the molecule is C=C(C(=CCC1CCC1)C1=CCC=CC=C1)C(NCC=CC(=CC)CC#N)c1ccccc1. The molecule has 0 heterocycles. The highest BCUT2D eigenvalue weighted by atomic mass is 14.9. The zero-order valence-electron chi connectivity index (χ0n) is 19.8. The largest absolute Gasteiger partial charge is 0.303 e. The molecule has 1 fully saturated rings. The standard InChI is InChI=1S/C31H36N2/c1-3-26(22-23-32)15-12-24-33-31(29-18-9-6-10-19-29)25(2)30(21-20-27-13-11-14-27)28-16-7-4-5-8-17-28/h3-7,9-10,12,15-19,21,27,31,33H,2,8,11,13-14,20,22,24H2,1H3. The Hall–Kier alpha value is -3.15. The van der Waals surface area contributed by atoms with Gasteiger partial charge in [-0.1, -0.05) is 111 Å². The summed E-state index contributed by atoms with van der Waals surface area (Å²) < 4.78 is 0. The van der Waals surface area contributed by atoms with Gasteiger partial charge < -0.3 is 5.32 Å². The van der Waals surface area contributed by atoms with Crippen molar-refractivity contribution in [3.63, 3.8) is 0 Å². The fourth-order valence-electron chi connectivity index (χ4n) is 4.21. The molecule has 1 aromatic carbocycles. The van der Waals surface area contributed by atoms with E-state index in [9.17, 15) is 0 Å². The molecule has 2 nitrogen and oxygen atoms in total. The fraction of sp³-hybridized carbons (Fsp3) is 0.323. The molecule has 1 aromatic rings. The van der Waals surface area contributed by atoms with Gasteiger partial charge in [0.2, 0.25) is 0 Å². The molecule has 3 rings (SSSR count). The summed E-state index contributed by atoms with van der Waals surface area (Å²) in [6, 6.07) is 12.8. The van der Waals surface area contributed by atoms with Crippen molar-refractivity contribution in [3.05, 3.63) is 119 Å². The Morgan fingerprint density at radius 2 is 2.06 bits per heavy atom. The van der Waals surface area contributed by atoms with Gasteiger partial charge in [-0.05, 0) is 53.5 Å². The maximum Gasteiger partial charge on any atom is 0.0669 e. The quantitative estimate of drug-likeness (QED) is 0.358. The van der Waals surface area contributed by atoms with Gasteiger partial charge in [-0.2, -0.15) is 5.26 Å². The summed E-state index contributed by atoms with van der Waals surface area (Å²) in [7, 11) is 0. The molecule has 33 heavy (non-hydrogen) atoms. The van der Waals surface area contributed by atoms with Crippen molar-refractivity contribution in [2.75, 3.05) is 6.54 Å². The Labute approximate surface area is 200 Å². The molecule has 2 aliphatic rings. The molecule has 0 bridgehead atoms. The Morgan fingerprint density at radius 3 is 2.76 bits per heavy atom. The molecule has 2 heteroatoms. The second-order valence-electron chi connectivity index (χ2n) is 8.71. The van der Waals surface area contributed by atoms with E-state index in [0.717, 1.165) is 29.9 Å². The number of hydrogen-bond acceptors (Lipinski definition) is 2. The first kappa shape index (κ1) is 24.5. The van der Waals surface area contributed by atoms with Crippen LogP contribution in [0.3, 0.4) is 0 Å². The first-order valence-corrected chi connectivity index (χ1v) is 12.1. The first-order chi connectivity index (χ1) is 16.2. The highest BCUT2D eigenvalue weighted by molar-refractivity contribution is 5.55. The molecule has 1 saturated carbocycles. The van der Waals surface area contributed by atoms with Crippen LogP contribution in [-0.2, 0) is 0 Å². The van der Waals surface area contributed by atoms with Crippen LogP contribution in [0, 0.1) is 17.2 Å². The normalized spacial score (nSPS) is 17.9. The number of nitrogens with zero attached hydrogens (tertiary/aromatic N) is 1. The van der Waals surface area contributed by atoms with Crippen LogP contribution < -0.4 is 5.32 Å². The molecule has 1 N–H and O–H groups in total. The Bertz CT molecular complexity index is 1000. The van der Waals surface area contributed by atoms with Crippen molar-refractivity contribution >= 4 is 0 Å². The second-order valence-corrected chi connectivity index (χ2v) is 8.71. The third kappa shape index (κ3) is 7.45. The van der Waals surface area contributed by atoms with Gasteiger partial charge in [0.1, 0.15) is 0 Å². The summed E-state index contributed by atoms with van der Waals surface area (Å²) in [6.07, 6.45) is 26.0. The van der Waals surface area contributed by atoms with Crippen molar-refractivity contribution in [1.29, 1.82) is 5.26 Å². The highest BCUT2D eigenvalue weighted by Gasteiger charge is 2.21.